The van der Waals surface area contributed by atoms with Crippen molar-refractivity contribution in [1.82, 2.24) is 9.38 Å². The van der Waals surface area contributed by atoms with E-state index in [1.807, 2.05) is 6.20 Å². The van der Waals surface area contributed by atoms with Crippen LogP contribution in [0.2, 0.25) is 0 Å². The minimum atomic E-state index is 0.0243. The van der Waals surface area contributed by atoms with Crippen LogP contribution >= 0.6 is 0 Å². The third kappa shape index (κ3) is 2.14. The molecule has 17 heavy (non-hydrogen) atoms. The van der Waals surface area contributed by atoms with Gasteiger partial charge in [-0.25, -0.2) is 0 Å². The fraction of sp³-hybridized carbons (Fsp3) is 0.500. The van der Waals surface area contributed by atoms with E-state index in [0.717, 1.165) is 16.9 Å². The van der Waals surface area contributed by atoms with Gasteiger partial charge in [-0.3, -0.25) is 9.20 Å². The van der Waals surface area contributed by atoms with Crippen molar-refractivity contribution >= 4 is 5.65 Å². The molecular weight excluding hydrogens is 212 g/mol. The molecule has 2 heterocycles. The molecule has 0 fully saturated rings. The van der Waals surface area contributed by atoms with E-state index in [0.29, 0.717) is 5.92 Å². The Kier molecular flexibility index (Phi) is 2.64. The molecule has 0 radical (unpaired) electrons. The van der Waals surface area contributed by atoms with Gasteiger partial charge in [0.15, 0.2) is 0 Å². The summed E-state index contributed by atoms with van der Waals surface area (Å²) in [6, 6.07) is 3.78. The maximum atomic E-state index is 12.0. The highest BCUT2D eigenvalue weighted by molar-refractivity contribution is 5.44. The van der Waals surface area contributed by atoms with Gasteiger partial charge in [-0.2, -0.15) is 0 Å². The van der Waals surface area contributed by atoms with E-state index < -0.39 is 0 Å². The standard InChI is InChI=1S/C14H20N2O/c1-9(2)10-6-12-15-11(14(3,4)5)8-16(12)13(17)7-10/h6-9,15H,1-5H3. The van der Waals surface area contributed by atoms with Crippen molar-refractivity contribution < 1.29 is 0 Å². The number of aromatic nitrogens is 2. The van der Waals surface area contributed by atoms with E-state index in [4.69, 9.17) is 0 Å². The lowest BCUT2D eigenvalue weighted by atomic mass is 9.93. The van der Waals surface area contributed by atoms with Gasteiger partial charge in [0.1, 0.15) is 5.65 Å². The van der Waals surface area contributed by atoms with Gasteiger partial charge in [-0.1, -0.05) is 34.6 Å². The zero-order valence-electron chi connectivity index (χ0n) is 11.2. The molecule has 0 aliphatic rings. The van der Waals surface area contributed by atoms with E-state index in [2.05, 4.69) is 45.7 Å². The van der Waals surface area contributed by atoms with Gasteiger partial charge < -0.3 is 4.98 Å². The Hall–Kier alpha value is -1.51. The molecule has 0 bridgehead atoms. The molecule has 0 unspecified atom stereocenters. The van der Waals surface area contributed by atoms with E-state index in [-0.39, 0.29) is 11.0 Å². The summed E-state index contributed by atoms with van der Waals surface area (Å²) < 4.78 is 1.69. The zero-order chi connectivity index (χ0) is 12.8. The summed E-state index contributed by atoms with van der Waals surface area (Å²) >= 11 is 0. The maximum absolute atomic E-state index is 12.0. The number of fused-ring (bicyclic) bond motifs is 1. The van der Waals surface area contributed by atoms with Crippen LogP contribution in [-0.2, 0) is 5.41 Å². The number of hydrogen-bond acceptors (Lipinski definition) is 1. The van der Waals surface area contributed by atoms with Crippen molar-refractivity contribution in [1.29, 1.82) is 0 Å². The van der Waals surface area contributed by atoms with Gasteiger partial charge in [0.05, 0.1) is 0 Å². The lowest BCUT2D eigenvalue weighted by molar-refractivity contribution is 0.573. The van der Waals surface area contributed by atoms with Gasteiger partial charge in [0, 0.05) is 23.4 Å². The minimum Gasteiger partial charge on any atom is -0.343 e. The van der Waals surface area contributed by atoms with Gasteiger partial charge in [-0.15, -0.1) is 0 Å². The molecule has 3 nitrogen and oxygen atoms in total. The third-order valence-corrected chi connectivity index (χ3v) is 3.09. The number of imidazole rings is 1. The molecule has 0 aliphatic heterocycles. The molecule has 0 aromatic carbocycles. The summed E-state index contributed by atoms with van der Waals surface area (Å²) in [4.78, 5) is 15.3. The molecule has 0 atom stereocenters. The van der Waals surface area contributed by atoms with Crippen LogP contribution in [0, 0.1) is 0 Å². The van der Waals surface area contributed by atoms with Crippen molar-refractivity contribution in [3.63, 3.8) is 0 Å². The molecule has 0 saturated heterocycles. The van der Waals surface area contributed by atoms with Crippen LogP contribution in [0.3, 0.4) is 0 Å². The molecule has 2 aromatic rings. The quantitative estimate of drug-likeness (QED) is 0.806. The second-order valence-electron chi connectivity index (χ2n) is 5.95. The van der Waals surface area contributed by atoms with Crippen LogP contribution in [0.15, 0.2) is 23.1 Å². The van der Waals surface area contributed by atoms with Crippen LogP contribution in [0.25, 0.3) is 5.65 Å². The van der Waals surface area contributed by atoms with Crippen molar-refractivity contribution in [2.24, 2.45) is 0 Å². The highest BCUT2D eigenvalue weighted by atomic mass is 16.1. The summed E-state index contributed by atoms with van der Waals surface area (Å²) in [5, 5.41) is 0. The number of H-pyrrole nitrogens is 1. The Morgan fingerprint density at radius 1 is 1.24 bits per heavy atom. The Bertz CT molecular complexity index is 597. The molecule has 0 spiro atoms. The first-order valence-corrected chi connectivity index (χ1v) is 6.05. The number of aromatic amines is 1. The summed E-state index contributed by atoms with van der Waals surface area (Å²) in [5.41, 5.74) is 3.10. The van der Waals surface area contributed by atoms with E-state index >= 15 is 0 Å². The van der Waals surface area contributed by atoms with E-state index in [1.54, 1.807) is 10.5 Å². The van der Waals surface area contributed by atoms with Crippen molar-refractivity contribution in [2.75, 3.05) is 0 Å². The second-order valence-corrected chi connectivity index (χ2v) is 5.95. The first-order valence-electron chi connectivity index (χ1n) is 6.05. The van der Waals surface area contributed by atoms with Crippen LogP contribution in [0.5, 0.6) is 0 Å². The first-order chi connectivity index (χ1) is 7.79. The minimum absolute atomic E-state index is 0.0243. The largest absolute Gasteiger partial charge is 0.343 e. The predicted molar refractivity (Wildman–Crippen MR) is 70.8 cm³/mol. The van der Waals surface area contributed by atoms with Crippen molar-refractivity contribution in [3.05, 3.63) is 39.9 Å². The third-order valence-electron chi connectivity index (χ3n) is 3.09. The Labute approximate surface area is 101 Å². The smallest absolute Gasteiger partial charge is 0.256 e. The zero-order valence-corrected chi connectivity index (χ0v) is 11.2. The fourth-order valence-corrected chi connectivity index (χ4v) is 1.84. The number of rotatable bonds is 1. The van der Waals surface area contributed by atoms with Crippen LogP contribution in [0.4, 0.5) is 0 Å². The van der Waals surface area contributed by atoms with Gasteiger partial charge in [0.25, 0.3) is 5.56 Å². The molecule has 92 valence electrons. The molecule has 1 N–H and O–H groups in total. The number of hydrogen-bond donors (Lipinski definition) is 1. The molecule has 0 saturated carbocycles. The summed E-state index contributed by atoms with van der Waals surface area (Å²) in [7, 11) is 0. The summed E-state index contributed by atoms with van der Waals surface area (Å²) in [6.45, 7) is 10.6. The number of pyridine rings is 1. The van der Waals surface area contributed by atoms with Crippen LogP contribution in [-0.4, -0.2) is 9.38 Å². The van der Waals surface area contributed by atoms with Gasteiger partial charge in [-0.05, 0) is 17.5 Å². The van der Waals surface area contributed by atoms with E-state index in [9.17, 15) is 4.79 Å². The van der Waals surface area contributed by atoms with Crippen LogP contribution < -0.4 is 5.56 Å². The Balaban J connectivity index is 2.70. The lowest BCUT2D eigenvalue weighted by Crippen LogP contribution is -2.13. The van der Waals surface area contributed by atoms with Crippen molar-refractivity contribution in [2.45, 2.75) is 46.0 Å². The summed E-state index contributed by atoms with van der Waals surface area (Å²) in [5.74, 6) is 0.370. The topological polar surface area (TPSA) is 37.3 Å². The first kappa shape index (κ1) is 12.0. The summed E-state index contributed by atoms with van der Waals surface area (Å²) in [6.07, 6.45) is 1.90. The molecule has 0 amide bonds. The van der Waals surface area contributed by atoms with Crippen LogP contribution in [0.1, 0.15) is 51.8 Å². The second kappa shape index (κ2) is 3.76. The monoisotopic (exact) mass is 232 g/mol. The van der Waals surface area contributed by atoms with E-state index in [1.165, 1.54) is 0 Å². The molecule has 2 aromatic heterocycles. The lowest BCUT2D eigenvalue weighted by Gasteiger charge is -2.14. The molecule has 3 heteroatoms. The van der Waals surface area contributed by atoms with Crippen molar-refractivity contribution in [3.8, 4) is 0 Å². The number of nitrogens with one attached hydrogen (secondary N) is 1. The average Bonchev–Trinajstić information content (AvgIpc) is 2.60. The predicted octanol–water partition coefficient (Wildman–Crippen LogP) is 3.05. The van der Waals surface area contributed by atoms with Gasteiger partial charge >= 0.3 is 0 Å². The number of nitrogens with zero attached hydrogens (tertiary/aromatic N) is 1. The Morgan fingerprint density at radius 2 is 1.88 bits per heavy atom. The highest BCUT2D eigenvalue weighted by Gasteiger charge is 2.17. The highest BCUT2D eigenvalue weighted by Crippen LogP contribution is 2.22. The molecular formula is C14H20N2O. The fourth-order valence-electron chi connectivity index (χ4n) is 1.84. The molecule has 0 aliphatic carbocycles. The molecule has 2 rings (SSSR count). The Morgan fingerprint density at radius 3 is 2.41 bits per heavy atom. The van der Waals surface area contributed by atoms with Gasteiger partial charge in [0.2, 0.25) is 0 Å². The average molecular weight is 232 g/mol. The maximum Gasteiger partial charge on any atom is 0.256 e. The normalized spacial score (nSPS) is 12.6. The SMILES string of the molecule is CC(C)c1cc(=O)n2cc(C(C)(C)C)[nH]c2c1.